The Hall–Kier alpha value is -2.57. The quantitative estimate of drug-likeness (QED) is 0.808. The fourth-order valence-corrected chi connectivity index (χ4v) is 1.42. The number of hydrogen-bond donors (Lipinski definition) is 1. The Morgan fingerprint density at radius 3 is 3.06 bits per heavy atom. The van der Waals surface area contributed by atoms with Gasteiger partial charge in [0.1, 0.15) is 12.1 Å². The first-order valence-corrected chi connectivity index (χ1v) is 5.14. The van der Waals surface area contributed by atoms with Gasteiger partial charge in [-0.3, -0.25) is 4.79 Å². The van der Waals surface area contributed by atoms with Crippen LogP contribution in [0.1, 0.15) is 10.4 Å². The number of nitrogens with one attached hydrogen (secondary N) is 1. The highest BCUT2D eigenvalue weighted by Crippen LogP contribution is 2.14. The van der Waals surface area contributed by atoms with E-state index in [1.54, 1.807) is 6.08 Å². The van der Waals surface area contributed by atoms with Crippen molar-refractivity contribution in [3.8, 4) is 5.69 Å². The highest BCUT2D eigenvalue weighted by atomic mass is 19.1. The zero-order chi connectivity index (χ0) is 13.0. The number of benzene rings is 1. The minimum absolute atomic E-state index is 0.279. The second-order valence-corrected chi connectivity index (χ2v) is 3.41. The van der Waals surface area contributed by atoms with Gasteiger partial charge in [-0.1, -0.05) is 6.08 Å². The number of hydrogen-bond acceptors (Lipinski definition) is 4. The van der Waals surface area contributed by atoms with Crippen LogP contribution in [-0.2, 0) is 0 Å². The lowest BCUT2D eigenvalue weighted by molar-refractivity contribution is 0.0958. The van der Waals surface area contributed by atoms with Gasteiger partial charge in [0.15, 0.2) is 0 Å². The second kappa shape index (κ2) is 5.17. The molecule has 0 fully saturated rings. The van der Waals surface area contributed by atoms with Crippen LogP contribution in [-0.4, -0.2) is 32.7 Å². The van der Waals surface area contributed by atoms with E-state index in [4.69, 9.17) is 0 Å². The van der Waals surface area contributed by atoms with Gasteiger partial charge in [-0.25, -0.2) is 4.39 Å². The fraction of sp³-hybridized carbons (Fsp3) is 0.0909. The van der Waals surface area contributed by atoms with Crippen molar-refractivity contribution in [2.45, 2.75) is 0 Å². The molecule has 1 heterocycles. The van der Waals surface area contributed by atoms with E-state index >= 15 is 0 Å². The molecule has 2 rings (SSSR count). The minimum atomic E-state index is -0.472. The summed E-state index contributed by atoms with van der Waals surface area (Å²) in [6.45, 7) is 3.83. The molecule has 92 valence electrons. The van der Waals surface area contributed by atoms with Gasteiger partial charge in [0, 0.05) is 12.6 Å². The van der Waals surface area contributed by atoms with E-state index < -0.39 is 5.82 Å². The third-order valence-corrected chi connectivity index (χ3v) is 2.21. The Kier molecular flexibility index (Phi) is 3.42. The maximum absolute atomic E-state index is 13.2. The summed E-state index contributed by atoms with van der Waals surface area (Å²) in [6, 6.07) is 3.78. The molecule has 18 heavy (non-hydrogen) atoms. The van der Waals surface area contributed by atoms with E-state index in [2.05, 4.69) is 27.4 Å². The topological polar surface area (TPSA) is 72.7 Å². The van der Waals surface area contributed by atoms with Crippen molar-refractivity contribution >= 4 is 5.91 Å². The van der Waals surface area contributed by atoms with Crippen molar-refractivity contribution in [1.29, 1.82) is 0 Å². The first kappa shape index (κ1) is 11.9. The highest BCUT2D eigenvalue weighted by Gasteiger charge is 2.14. The molecule has 0 bridgehead atoms. The molecule has 0 aliphatic rings. The minimum Gasteiger partial charge on any atom is -0.349 e. The lowest BCUT2D eigenvalue weighted by Crippen LogP contribution is -2.24. The molecule has 1 aromatic carbocycles. The number of carbonyl (C=O) groups is 1. The van der Waals surface area contributed by atoms with E-state index in [0.29, 0.717) is 6.54 Å². The van der Waals surface area contributed by atoms with Crippen LogP contribution in [0.2, 0.25) is 0 Å². The molecule has 0 unspecified atom stereocenters. The van der Waals surface area contributed by atoms with Gasteiger partial charge in [0.25, 0.3) is 5.91 Å². The first-order chi connectivity index (χ1) is 8.72. The standard InChI is InChI=1S/C11H10FN5O/c1-2-5-13-11(18)9-4-3-8(12)6-10(9)17-7-14-15-16-17/h2-4,6-7H,1,5H2,(H,13,18). The average Bonchev–Trinajstić information content (AvgIpc) is 2.89. The van der Waals surface area contributed by atoms with E-state index in [-0.39, 0.29) is 17.2 Å². The van der Waals surface area contributed by atoms with Crippen molar-refractivity contribution in [2.24, 2.45) is 0 Å². The molecule has 0 aliphatic carbocycles. The van der Waals surface area contributed by atoms with Gasteiger partial charge in [0.05, 0.1) is 11.3 Å². The predicted octanol–water partition coefficient (Wildman–Crippen LogP) is 0.717. The maximum atomic E-state index is 13.2. The number of carbonyl (C=O) groups excluding carboxylic acids is 1. The largest absolute Gasteiger partial charge is 0.349 e. The number of tetrazole rings is 1. The maximum Gasteiger partial charge on any atom is 0.253 e. The third-order valence-electron chi connectivity index (χ3n) is 2.21. The molecule has 1 aromatic heterocycles. The Bertz CT molecular complexity index is 567. The van der Waals surface area contributed by atoms with Crippen molar-refractivity contribution in [3.63, 3.8) is 0 Å². The van der Waals surface area contributed by atoms with Gasteiger partial charge in [-0.05, 0) is 22.6 Å². The van der Waals surface area contributed by atoms with Crippen LogP contribution in [0.15, 0.2) is 37.2 Å². The fourth-order valence-electron chi connectivity index (χ4n) is 1.42. The summed E-state index contributed by atoms with van der Waals surface area (Å²) in [5, 5.41) is 13.2. The molecule has 0 saturated heterocycles. The van der Waals surface area contributed by atoms with Gasteiger partial charge in [0.2, 0.25) is 0 Å². The second-order valence-electron chi connectivity index (χ2n) is 3.41. The molecule has 0 radical (unpaired) electrons. The highest BCUT2D eigenvalue weighted by molar-refractivity contribution is 5.97. The SMILES string of the molecule is C=CCNC(=O)c1ccc(F)cc1-n1cnnn1. The summed E-state index contributed by atoms with van der Waals surface area (Å²) in [7, 11) is 0. The van der Waals surface area contributed by atoms with Crippen LogP contribution in [0.5, 0.6) is 0 Å². The van der Waals surface area contributed by atoms with E-state index in [9.17, 15) is 9.18 Å². The Morgan fingerprint density at radius 2 is 2.39 bits per heavy atom. The number of nitrogens with zero attached hydrogens (tertiary/aromatic N) is 4. The van der Waals surface area contributed by atoms with Crippen LogP contribution >= 0.6 is 0 Å². The number of halogens is 1. The summed E-state index contributed by atoms with van der Waals surface area (Å²) in [5.41, 5.74) is 0.562. The van der Waals surface area contributed by atoms with Gasteiger partial charge in [-0.15, -0.1) is 11.7 Å². The van der Waals surface area contributed by atoms with E-state index in [1.807, 2.05) is 0 Å². The van der Waals surface area contributed by atoms with Crippen molar-refractivity contribution in [2.75, 3.05) is 6.54 Å². The normalized spacial score (nSPS) is 10.1. The Balaban J connectivity index is 2.41. The lowest BCUT2D eigenvalue weighted by atomic mass is 10.1. The number of rotatable bonds is 4. The van der Waals surface area contributed by atoms with Crippen LogP contribution in [0.25, 0.3) is 5.69 Å². The zero-order valence-electron chi connectivity index (χ0n) is 9.38. The Morgan fingerprint density at radius 1 is 1.56 bits per heavy atom. The van der Waals surface area contributed by atoms with Gasteiger partial charge < -0.3 is 5.32 Å². The van der Waals surface area contributed by atoms with Crippen molar-refractivity contribution in [3.05, 3.63) is 48.6 Å². The summed E-state index contributed by atoms with van der Waals surface area (Å²) < 4.78 is 14.5. The molecule has 1 amide bonds. The van der Waals surface area contributed by atoms with Crippen molar-refractivity contribution < 1.29 is 9.18 Å². The van der Waals surface area contributed by atoms with Crippen LogP contribution in [0, 0.1) is 5.82 Å². The first-order valence-electron chi connectivity index (χ1n) is 5.14. The molecule has 2 aromatic rings. The van der Waals surface area contributed by atoms with E-state index in [1.165, 1.54) is 29.2 Å². The van der Waals surface area contributed by atoms with Crippen LogP contribution in [0.4, 0.5) is 4.39 Å². The molecule has 0 saturated carbocycles. The summed E-state index contributed by atoms with van der Waals surface area (Å²) in [4.78, 5) is 11.9. The molecular formula is C11H10FN5O. The number of aromatic nitrogens is 4. The number of amides is 1. The lowest BCUT2D eigenvalue weighted by Gasteiger charge is -2.08. The van der Waals surface area contributed by atoms with E-state index in [0.717, 1.165) is 0 Å². The van der Waals surface area contributed by atoms with Crippen LogP contribution in [0.3, 0.4) is 0 Å². The third kappa shape index (κ3) is 2.40. The van der Waals surface area contributed by atoms with Crippen LogP contribution < -0.4 is 5.32 Å². The van der Waals surface area contributed by atoms with Gasteiger partial charge >= 0.3 is 0 Å². The summed E-state index contributed by atoms with van der Waals surface area (Å²) in [6.07, 6.45) is 2.84. The van der Waals surface area contributed by atoms with Crippen molar-refractivity contribution in [1.82, 2.24) is 25.5 Å². The molecule has 7 heteroatoms. The summed E-state index contributed by atoms with van der Waals surface area (Å²) in [5.74, 6) is -0.818. The Labute approximate surface area is 102 Å². The molecule has 6 nitrogen and oxygen atoms in total. The molecular weight excluding hydrogens is 237 g/mol. The zero-order valence-corrected chi connectivity index (χ0v) is 9.38. The smallest absolute Gasteiger partial charge is 0.253 e. The predicted molar refractivity (Wildman–Crippen MR) is 61.6 cm³/mol. The molecule has 0 spiro atoms. The average molecular weight is 247 g/mol. The molecule has 0 aliphatic heterocycles. The molecule has 1 N–H and O–H groups in total. The monoisotopic (exact) mass is 247 g/mol. The van der Waals surface area contributed by atoms with Gasteiger partial charge in [-0.2, -0.15) is 4.68 Å². The molecule has 0 atom stereocenters. The summed E-state index contributed by atoms with van der Waals surface area (Å²) >= 11 is 0.